The zero-order valence-electron chi connectivity index (χ0n) is 8.77. The summed E-state index contributed by atoms with van der Waals surface area (Å²) < 4.78 is 0. The summed E-state index contributed by atoms with van der Waals surface area (Å²) >= 11 is 0. The van der Waals surface area contributed by atoms with Crippen LogP contribution < -0.4 is 0 Å². The van der Waals surface area contributed by atoms with Crippen molar-refractivity contribution < 1.29 is 9.68 Å². The van der Waals surface area contributed by atoms with Gasteiger partial charge in [-0.3, -0.25) is 10.5 Å². The highest BCUT2D eigenvalue weighted by Crippen LogP contribution is 2.02. The zero-order valence-corrected chi connectivity index (χ0v) is 8.77. The Morgan fingerprint density at radius 3 is 1.43 bits per heavy atom. The minimum atomic E-state index is 0.377. The van der Waals surface area contributed by atoms with E-state index >= 15 is 0 Å². The van der Waals surface area contributed by atoms with E-state index in [1.54, 1.807) is 0 Å². The molecule has 0 unspecified atom stereocenters. The summed E-state index contributed by atoms with van der Waals surface area (Å²) in [7, 11) is 2.70. The molecule has 0 fully saturated rings. The molecule has 0 bridgehead atoms. The molecule has 0 saturated heterocycles. The standard InChI is InChI=1S/C8H18N2O4/c1-13-9(11)7-5-3-4-6-8-10(12)14-2/h3-8H2,1-2H3/q-2. The minimum Gasteiger partial charge on any atom is -0.762 e. The van der Waals surface area contributed by atoms with E-state index in [2.05, 4.69) is 9.68 Å². The fourth-order valence-corrected chi connectivity index (χ4v) is 1.02. The summed E-state index contributed by atoms with van der Waals surface area (Å²) in [4.78, 5) is 8.82. The first-order valence-electron chi connectivity index (χ1n) is 4.68. The van der Waals surface area contributed by atoms with Crippen molar-refractivity contribution in [2.45, 2.75) is 25.7 Å². The molecule has 0 aromatic heterocycles. The largest absolute Gasteiger partial charge is 0.762 e. The van der Waals surface area contributed by atoms with E-state index in [-0.39, 0.29) is 0 Å². The van der Waals surface area contributed by atoms with E-state index in [0.717, 1.165) is 25.7 Å². The van der Waals surface area contributed by atoms with E-state index in [1.807, 2.05) is 0 Å². The average molecular weight is 206 g/mol. The van der Waals surface area contributed by atoms with Crippen molar-refractivity contribution in [2.24, 2.45) is 0 Å². The quantitative estimate of drug-likeness (QED) is 0.418. The molecule has 0 N–H and O–H groups in total. The van der Waals surface area contributed by atoms with Crippen molar-refractivity contribution >= 4 is 0 Å². The number of hydroxylamine groups is 4. The second kappa shape index (κ2) is 9.32. The number of hydrogen-bond acceptors (Lipinski definition) is 6. The smallest absolute Gasteiger partial charge is 0.0563 e. The molecule has 0 aromatic carbocycles. The molecule has 0 aliphatic carbocycles. The van der Waals surface area contributed by atoms with Crippen molar-refractivity contribution in [3.63, 3.8) is 0 Å². The van der Waals surface area contributed by atoms with E-state index in [4.69, 9.17) is 0 Å². The third kappa shape index (κ3) is 8.36. The van der Waals surface area contributed by atoms with Crippen molar-refractivity contribution in [3.8, 4) is 0 Å². The molecule has 0 atom stereocenters. The van der Waals surface area contributed by atoms with Crippen LogP contribution in [0.2, 0.25) is 0 Å². The minimum absolute atomic E-state index is 0.377. The monoisotopic (exact) mass is 206 g/mol. The fourth-order valence-electron chi connectivity index (χ4n) is 1.02. The number of hydrogen-bond donors (Lipinski definition) is 0. The molecule has 0 radical (unpaired) electrons. The van der Waals surface area contributed by atoms with Gasteiger partial charge in [0.2, 0.25) is 0 Å². The van der Waals surface area contributed by atoms with Gasteiger partial charge in [0.25, 0.3) is 0 Å². The SMILES string of the molecule is CON([O-])CCCCCCN([O-])OC. The Kier molecular flexibility index (Phi) is 9.16. The lowest BCUT2D eigenvalue weighted by molar-refractivity contribution is -0.0904. The Labute approximate surface area is 84.4 Å². The first kappa shape index (κ1) is 13.8. The van der Waals surface area contributed by atoms with Gasteiger partial charge in [-0.1, -0.05) is 12.8 Å². The van der Waals surface area contributed by atoms with Crippen LogP contribution >= 0.6 is 0 Å². The molecule has 0 heterocycles. The lowest BCUT2D eigenvalue weighted by atomic mass is 10.2. The number of nitrogens with zero attached hydrogens (tertiary/aromatic N) is 2. The molecule has 0 amide bonds. The predicted octanol–water partition coefficient (Wildman–Crippen LogP) is 1.27. The molecule has 0 aliphatic heterocycles. The Morgan fingerprint density at radius 1 is 0.786 bits per heavy atom. The van der Waals surface area contributed by atoms with Crippen LogP contribution in [0.4, 0.5) is 0 Å². The molecule has 86 valence electrons. The fraction of sp³-hybridized carbons (Fsp3) is 1.00. The van der Waals surface area contributed by atoms with Crippen molar-refractivity contribution in [1.29, 1.82) is 0 Å². The highest BCUT2D eigenvalue weighted by atomic mass is 16.9. The van der Waals surface area contributed by atoms with Crippen LogP contribution in [0.25, 0.3) is 0 Å². The number of rotatable bonds is 9. The van der Waals surface area contributed by atoms with E-state index in [0.29, 0.717) is 23.5 Å². The summed E-state index contributed by atoms with van der Waals surface area (Å²) in [6.45, 7) is 0.754. The Morgan fingerprint density at radius 2 is 1.14 bits per heavy atom. The first-order valence-corrected chi connectivity index (χ1v) is 4.68. The van der Waals surface area contributed by atoms with E-state index < -0.39 is 0 Å². The topological polar surface area (TPSA) is 71.1 Å². The highest BCUT2D eigenvalue weighted by molar-refractivity contribution is 4.50. The molecule has 6 heteroatoms. The normalized spacial score (nSPS) is 11.6. The summed E-state index contributed by atoms with van der Waals surface area (Å²) in [5, 5.41) is 22.3. The maximum atomic E-state index is 10.6. The van der Waals surface area contributed by atoms with Gasteiger partial charge in [0, 0.05) is 13.1 Å². The molecule has 0 rings (SSSR count). The van der Waals surface area contributed by atoms with Gasteiger partial charge in [-0.05, 0) is 12.8 Å². The lowest BCUT2D eigenvalue weighted by Gasteiger charge is -2.25. The molecule has 0 spiro atoms. The van der Waals surface area contributed by atoms with Gasteiger partial charge in [0.15, 0.2) is 0 Å². The van der Waals surface area contributed by atoms with Gasteiger partial charge in [-0.25, -0.2) is 0 Å². The summed E-state index contributed by atoms with van der Waals surface area (Å²) in [6, 6.07) is 0. The van der Waals surface area contributed by atoms with Crippen LogP contribution in [-0.2, 0) is 9.68 Å². The van der Waals surface area contributed by atoms with Crippen LogP contribution in [0.15, 0.2) is 0 Å². The molecule has 0 aromatic rings. The van der Waals surface area contributed by atoms with Crippen LogP contribution in [0.5, 0.6) is 0 Å². The third-order valence-electron chi connectivity index (χ3n) is 1.84. The van der Waals surface area contributed by atoms with Gasteiger partial charge in [0.1, 0.15) is 0 Å². The lowest BCUT2D eigenvalue weighted by Crippen LogP contribution is -2.16. The molecule has 0 aliphatic rings. The molecule has 6 nitrogen and oxygen atoms in total. The second-order valence-corrected chi connectivity index (χ2v) is 2.89. The summed E-state index contributed by atoms with van der Waals surface area (Å²) in [5.41, 5.74) is 0. The predicted molar refractivity (Wildman–Crippen MR) is 52.6 cm³/mol. The first-order chi connectivity index (χ1) is 6.70. The van der Waals surface area contributed by atoms with Crippen molar-refractivity contribution in [2.75, 3.05) is 27.3 Å². The summed E-state index contributed by atoms with van der Waals surface area (Å²) in [5.74, 6) is 0. The molecule has 0 saturated carbocycles. The molecule has 14 heavy (non-hydrogen) atoms. The van der Waals surface area contributed by atoms with Crippen LogP contribution in [0, 0.1) is 10.4 Å². The zero-order chi connectivity index (χ0) is 10.8. The second-order valence-electron chi connectivity index (χ2n) is 2.89. The van der Waals surface area contributed by atoms with Crippen molar-refractivity contribution in [1.82, 2.24) is 10.5 Å². The Balaban J connectivity index is 3.06. The van der Waals surface area contributed by atoms with Gasteiger partial charge in [0.05, 0.1) is 14.2 Å². The summed E-state index contributed by atoms with van der Waals surface area (Å²) in [6.07, 6.45) is 3.39. The highest BCUT2D eigenvalue weighted by Gasteiger charge is 1.93. The van der Waals surface area contributed by atoms with Gasteiger partial charge in [-0.2, -0.15) is 0 Å². The molecular weight excluding hydrogens is 188 g/mol. The van der Waals surface area contributed by atoms with Gasteiger partial charge in [-0.15, -0.1) is 0 Å². The van der Waals surface area contributed by atoms with E-state index in [1.165, 1.54) is 14.2 Å². The molecular formula is C8H18N2O4-2. The van der Waals surface area contributed by atoms with Gasteiger partial charge >= 0.3 is 0 Å². The Bertz CT molecular complexity index is 112. The van der Waals surface area contributed by atoms with Crippen LogP contribution in [0.3, 0.4) is 0 Å². The average Bonchev–Trinajstić information content (AvgIpc) is 2.22. The Hall–Kier alpha value is -0.240. The maximum Gasteiger partial charge on any atom is 0.0563 e. The van der Waals surface area contributed by atoms with Gasteiger partial charge < -0.3 is 20.1 Å². The third-order valence-corrected chi connectivity index (χ3v) is 1.84. The van der Waals surface area contributed by atoms with Crippen LogP contribution in [-0.4, -0.2) is 37.8 Å². The number of unbranched alkanes of at least 4 members (excludes halogenated alkanes) is 3. The van der Waals surface area contributed by atoms with Crippen molar-refractivity contribution in [3.05, 3.63) is 10.4 Å². The van der Waals surface area contributed by atoms with E-state index in [9.17, 15) is 10.4 Å². The van der Waals surface area contributed by atoms with Crippen LogP contribution in [0.1, 0.15) is 25.7 Å². The maximum absolute atomic E-state index is 10.6.